The number of aryl methyl sites for hydroxylation is 1. The first kappa shape index (κ1) is 24.0. The summed E-state index contributed by atoms with van der Waals surface area (Å²) in [4.78, 5) is 0. The van der Waals surface area contributed by atoms with Crippen molar-refractivity contribution >= 4 is 23.2 Å². The van der Waals surface area contributed by atoms with Crippen molar-refractivity contribution in [2.24, 2.45) is 5.73 Å². The van der Waals surface area contributed by atoms with Gasteiger partial charge in [0.1, 0.15) is 0 Å². The molecule has 0 unspecified atom stereocenters. The number of halogens is 1. The summed E-state index contributed by atoms with van der Waals surface area (Å²) in [5.41, 5.74) is 11.8. The Morgan fingerprint density at radius 3 is 1.63 bits per heavy atom. The molecule has 1 nitrogen and oxygen atoms in total. The van der Waals surface area contributed by atoms with E-state index >= 15 is 0 Å². The van der Waals surface area contributed by atoms with E-state index in [4.69, 9.17) is 5.73 Å². The molecule has 0 radical (unpaired) electrons. The van der Waals surface area contributed by atoms with Gasteiger partial charge in [-0.15, -0.1) is 12.4 Å². The van der Waals surface area contributed by atoms with Crippen molar-refractivity contribution in [1.29, 1.82) is 0 Å². The molecule has 2 aromatic rings. The average molecular weight is 390 g/mol. The number of fused-ring (bicyclic) bond motifs is 1. The Morgan fingerprint density at radius 2 is 1.11 bits per heavy atom. The van der Waals surface area contributed by atoms with Crippen LogP contribution in [0.25, 0.3) is 10.8 Å². The first-order valence-electron chi connectivity index (χ1n) is 10.9. The van der Waals surface area contributed by atoms with E-state index in [0.717, 1.165) is 0 Å². The maximum absolute atomic E-state index is 6.04. The summed E-state index contributed by atoms with van der Waals surface area (Å²) >= 11 is 0. The molecular formula is C25H40ClN. The molecule has 27 heavy (non-hydrogen) atoms. The molecule has 0 aromatic heterocycles. The monoisotopic (exact) mass is 389 g/mol. The zero-order valence-electron chi connectivity index (χ0n) is 17.8. The van der Waals surface area contributed by atoms with Gasteiger partial charge in [-0.05, 0) is 59.7 Å². The van der Waals surface area contributed by atoms with Crippen LogP contribution in [-0.2, 0) is 13.0 Å². The Morgan fingerprint density at radius 1 is 0.667 bits per heavy atom. The van der Waals surface area contributed by atoms with Crippen LogP contribution in [0.1, 0.15) is 93.4 Å². The van der Waals surface area contributed by atoms with Crippen LogP contribution in [0.2, 0.25) is 0 Å². The molecule has 2 N–H and O–H groups in total. The van der Waals surface area contributed by atoms with Crippen molar-refractivity contribution in [2.45, 2.75) is 97.9 Å². The highest BCUT2D eigenvalue weighted by Gasteiger charge is 2.12. The molecule has 0 saturated heterocycles. The van der Waals surface area contributed by atoms with Crippen LogP contribution in [0.3, 0.4) is 0 Å². The van der Waals surface area contributed by atoms with Gasteiger partial charge in [-0.3, -0.25) is 0 Å². The minimum Gasteiger partial charge on any atom is -0.326 e. The van der Waals surface area contributed by atoms with Crippen molar-refractivity contribution in [3.05, 3.63) is 46.5 Å². The fourth-order valence-electron chi connectivity index (χ4n) is 4.24. The van der Waals surface area contributed by atoms with E-state index in [2.05, 4.69) is 45.0 Å². The lowest BCUT2D eigenvalue weighted by Crippen LogP contribution is -2.05. The summed E-state index contributed by atoms with van der Waals surface area (Å²) in [6, 6.07) is 8.83. The third-order valence-corrected chi connectivity index (χ3v) is 6.03. The predicted molar refractivity (Wildman–Crippen MR) is 124 cm³/mol. The molecule has 0 heterocycles. The summed E-state index contributed by atoms with van der Waals surface area (Å²) in [6.45, 7) is 7.44. The van der Waals surface area contributed by atoms with E-state index in [0.29, 0.717) is 6.54 Å². The molecule has 0 aliphatic heterocycles. The van der Waals surface area contributed by atoms with E-state index in [-0.39, 0.29) is 12.4 Å². The zero-order chi connectivity index (χ0) is 18.8. The Labute approximate surface area is 173 Å². The maximum atomic E-state index is 6.04. The lowest BCUT2D eigenvalue weighted by atomic mass is 9.88. The average Bonchev–Trinajstić information content (AvgIpc) is 2.66. The highest BCUT2D eigenvalue weighted by Crippen LogP contribution is 2.31. The minimum absolute atomic E-state index is 0. The molecule has 0 aliphatic rings. The lowest BCUT2D eigenvalue weighted by molar-refractivity contribution is 0.556. The Balaban J connectivity index is 0.00000364. The van der Waals surface area contributed by atoms with Gasteiger partial charge in [0.05, 0.1) is 0 Å². The highest BCUT2D eigenvalue weighted by molar-refractivity contribution is 5.91. The van der Waals surface area contributed by atoms with Gasteiger partial charge in [-0.2, -0.15) is 0 Å². The molecule has 0 fully saturated rings. The molecule has 0 amide bonds. The quantitative estimate of drug-likeness (QED) is 0.368. The number of hydrogen-bond acceptors (Lipinski definition) is 1. The van der Waals surface area contributed by atoms with Crippen molar-refractivity contribution in [3.63, 3.8) is 0 Å². The summed E-state index contributed by atoms with van der Waals surface area (Å²) in [5, 5.41) is 2.78. The van der Waals surface area contributed by atoms with Crippen molar-refractivity contribution in [2.75, 3.05) is 0 Å². The van der Waals surface area contributed by atoms with Gasteiger partial charge in [-0.25, -0.2) is 0 Å². The topological polar surface area (TPSA) is 26.0 Å². The molecule has 2 heteroatoms. The Hall–Kier alpha value is -1.05. The summed E-state index contributed by atoms with van der Waals surface area (Å²) in [6.07, 6.45) is 15.2. The van der Waals surface area contributed by atoms with E-state index in [9.17, 15) is 0 Å². The van der Waals surface area contributed by atoms with Crippen LogP contribution in [0.15, 0.2) is 24.3 Å². The third kappa shape index (κ3) is 6.80. The largest absolute Gasteiger partial charge is 0.326 e. The van der Waals surface area contributed by atoms with Gasteiger partial charge in [0.2, 0.25) is 0 Å². The van der Waals surface area contributed by atoms with Crippen LogP contribution in [-0.4, -0.2) is 0 Å². The first-order valence-corrected chi connectivity index (χ1v) is 10.9. The van der Waals surface area contributed by atoms with Gasteiger partial charge < -0.3 is 5.73 Å². The first-order chi connectivity index (χ1) is 12.7. The number of unbranched alkanes of at least 4 members (excludes halogenated alkanes) is 9. The van der Waals surface area contributed by atoms with Gasteiger partial charge in [0.25, 0.3) is 0 Å². The fourth-order valence-corrected chi connectivity index (χ4v) is 4.24. The minimum atomic E-state index is 0. The molecule has 0 bridgehead atoms. The molecule has 0 spiro atoms. The normalized spacial score (nSPS) is 11.0. The van der Waals surface area contributed by atoms with Crippen LogP contribution < -0.4 is 5.73 Å². The molecular weight excluding hydrogens is 350 g/mol. The summed E-state index contributed by atoms with van der Waals surface area (Å²) in [7, 11) is 0. The second-order valence-electron chi connectivity index (χ2n) is 7.89. The Kier molecular flexibility index (Phi) is 11.7. The van der Waals surface area contributed by atoms with E-state index in [1.807, 2.05) is 0 Å². The van der Waals surface area contributed by atoms with Crippen LogP contribution in [0, 0.1) is 13.8 Å². The number of benzene rings is 2. The van der Waals surface area contributed by atoms with Crippen LogP contribution >= 0.6 is 12.4 Å². The second kappa shape index (κ2) is 13.2. The fraction of sp³-hybridized carbons (Fsp3) is 0.600. The number of hydrogen-bond donors (Lipinski definition) is 1. The maximum Gasteiger partial charge on any atom is 0.0187 e. The molecule has 0 saturated carbocycles. The highest BCUT2D eigenvalue weighted by atomic mass is 35.5. The molecule has 0 atom stereocenters. The summed E-state index contributed by atoms with van der Waals surface area (Å²) < 4.78 is 0. The van der Waals surface area contributed by atoms with E-state index in [1.165, 1.54) is 98.1 Å². The smallest absolute Gasteiger partial charge is 0.0187 e. The van der Waals surface area contributed by atoms with Gasteiger partial charge in [0.15, 0.2) is 0 Å². The van der Waals surface area contributed by atoms with E-state index < -0.39 is 0 Å². The van der Waals surface area contributed by atoms with Crippen molar-refractivity contribution in [1.82, 2.24) is 0 Å². The van der Waals surface area contributed by atoms with Gasteiger partial charge in [0, 0.05) is 6.54 Å². The third-order valence-electron chi connectivity index (χ3n) is 6.03. The lowest BCUT2D eigenvalue weighted by Gasteiger charge is -2.18. The molecule has 152 valence electrons. The SMILES string of the molecule is CCCCCCCCCCCCc1c(C)c(C)c(CN)c2ccccc12.Cl. The van der Waals surface area contributed by atoms with Crippen LogP contribution in [0.5, 0.6) is 0 Å². The molecule has 0 aliphatic carbocycles. The van der Waals surface area contributed by atoms with Gasteiger partial charge >= 0.3 is 0 Å². The molecule has 2 aromatic carbocycles. The number of nitrogens with two attached hydrogens (primary N) is 1. The zero-order valence-corrected chi connectivity index (χ0v) is 18.6. The predicted octanol–water partition coefficient (Wildman–Crippen LogP) is 7.80. The van der Waals surface area contributed by atoms with Crippen molar-refractivity contribution < 1.29 is 0 Å². The van der Waals surface area contributed by atoms with Crippen LogP contribution in [0.4, 0.5) is 0 Å². The number of rotatable bonds is 12. The van der Waals surface area contributed by atoms with E-state index in [1.54, 1.807) is 5.56 Å². The molecule has 2 rings (SSSR count). The Bertz CT molecular complexity index is 678. The van der Waals surface area contributed by atoms with Crippen molar-refractivity contribution in [3.8, 4) is 0 Å². The summed E-state index contributed by atoms with van der Waals surface area (Å²) in [5.74, 6) is 0. The second-order valence-corrected chi connectivity index (χ2v) is 7.89. The van der Waals surface area contributed by atoms with Gasteiger partial charge in [-0.1, -0.05) is 89.0 Å². The standard InChI is InChI=1S/C25H39N.ClH/c1-4-5-6-7-8-9-10-11-12-13-16-22-20(2)21(3)25(19-26)24-18-15-14-17-23(22)24;/h14-15,17-18H,4-13,16,19,26H2,1-3H3;1H.